The van der Waals surface area contributed by atoms with Crippen molar-refractivity contribution in [2.45, 2.75) is 32.1 Å². The van der Waals surface area contributed by atoms with Gasteiger partial charge in [-0.3, -0.25) is 4.79 Å². The van der Waals surface area contributed by atoms with Crippen molar-refractivity contribution in [1.82, 2.24) is 9.88 Å². The van der Waals surface area contributed by atoms with Gasteiger partial charge in [-0.1, -0.05) is 31.2 Å². The number of piperidine rings is 1. The first-order valence-corrected chi connectivity index (χ1v) is 11.0. The molecule has 1 aliphatic rings. The third-order valence-corrected chi connectivity index (χ3v) is 6.37. The number of amides is 1. The molecule has 152 valence electrons. The van der Waals surface area contributed by atoms with Crippen molar-refractivity contribution in [3.63, 3.8) is 0 Å². The standard InChI is InChI=1S/C23H26N2O3S/c1-2-15-27-19-8-4-5-9-20(19)28-16-22(26)25-13-11-17(12-14-25)23-24-18-7-3-6-10-21(18)29-23/h3-10,17H,2,11-16H2,1H3. The van der Waals surface area contributed by atoms with Gasteiger partial charge in [-0.2, -0.15) is 0 Å². The third kappa shape index (κ3) is 4.70. The Morgan fingerprint density at radius 3 is 2.48 bits per heavy atom. The van der Waals surface area contributed by atoms with Crippen molar-refractivity contribution in [2.24, 2.45) is 0 Å². The highest BCUT2D eigenvalue weighted by Gasteiger charge is 2.26. The quantitative estimate of drug-likeness (QED) is 0.558. The lowest BCUT2D eigenvalue weighted by molar-refractivity contribution is -0.134. The number of carbonyl (C=O) groups excluding carboxylic acids is 1. The first-order valence-electron chi connectivity index (χ1n) is 10.2. The molecule has 29 heavy (non-hydrogen) atoms. The number of aromatic nitrogens is 1. The smallest absolute Gasteiger partial charge is 0.260 e. The lowest BCUT2D eigenvalue weighted by Gasteiger charge is -2.31. The highest BCUT2D eigenvalue weighted by Crippen LogP contribution is 2.34. The van der Waals surface area contributed by atoms with Gasteiger partial charge < -0.3 is 14.4 Å². The van der Waals surface area contributed by atoms with Crippen LogP contribution in [-0.2, 0) is 4.79 Å². The number of hydrogen-bond donors (Lipinski definition) is 0. The van der Waals surface area contributed by atoms with Gasteiger partial charge in [0.25, 0.3) is 5.91 Å². The van der Waals surface area contributed by atoms with E-state index in [1.165, 1.54) is 9.71 Å². The Morgan fingerprint density at radius 1 is 1.07 bits per heavy atom. The summed E-state index contributed by atoms with van der Waals surface area (Å²) in [5, 5.41) is 1.19. The number of rotatable bonds is 7. The van der Waals surface area contributed by atoms with Crippen molar-refractivity contribution >= 4 is 27.5 Å². The Morgan fingerprint density at radius 2 is 1.76 bits per heavy atom. The van der Waals surface area contributed by atoms with Gasteiger partial charge in [0.2, 0.25) is 0 Å². The molecule has 2 heterocycles. The van der Waals surface area contributed by atoms with E-state index in [4.69, 9.17) is 14.5 Å². The van der Waals surface area contributed by atoms with Gasteiger partial charge in [-0.25, -0.2) is 4.98 Å². The molecule has 1 saturated heterocycles. The summed E-state index contributed by atoms with van der Waals surface area (Å²) in [6, 6.07) is 15.8. The highest BCUT2D eigenvalue weighted by molar-refractivity contribution is 7.18. The molecule has 3 aromatic rings. The zero-order valence-electron chi connectivity index (χ0n) is 16.7. The Hall–Kier alpha value is -2.60. The predicted octanol–water partition coefficient (Wildman–Crippen LogP) is 4.87. The molecule has 1 fully saturated rings. The van der Waals surface area contributed by atoms with Crippen molar-refractivity contribution in [3.8, 4) is 11.5 Å². The molecule has 6 heteroatoms. The average Bonchev–Trinajstić information content (AvgIpc) is 3.21. The maximum absolute atomic E-state index is 12.6. The molecule has 0 atom stereocenters. The van der Waals surface area contributed by atoms with Crippen LogP contribution in [-0.4, -0.2) is 42.1 Å². The lowest BCUT2D eigenvalue weighted by atomic mass is 9.97. The number of likely N-dealkylation sites (tertiary alicyclic amines) is 1. The number of fused-ring (bicyclic) bond motifs is 1. The van der Waals surface area contributed by atoms with Crippen LogP contribution in [0.5, 0.6) is 11.5 Å². The molecule has 0 radical (unpaired) electrons. The van der Waals surface area contributed by atoms with Crippen LogP contribution >= 0.6 is 11.3 Å². The first-order chi connectivity index (χ1) is 14.2. The lowest BCUT2D eigenvalue weighted by Crippen LogP contribution is -2.40. The summed E-state index contributed by atoms with van der Waals surface area (Å²) in [5.41, 5.74) is 1.07. The fraction of sp³-hybridized carbons (Fsp3) is 0.391. The number of benzene rings is 2. The van der Waals surface area contributed by atoms with Gasteiger partial charge in [-0.15, -0.1) is 11.3 Å². The Labute approximate surface area is 175 Å². The highest BCUT2D eigenvalue weighted by atomic mass is 32.1. The van der Waals surface area contributed by atoms with Gasteiger partial charge in [-0.05, 0) is 43.5 Å². The maximum Gasteiger partial charge on any atom is 0.260 e. The number of nitrogens with zero attached hydrogens (tertiary/aromatic N) is 2. The van der Waals surface area contributed by atoms with Gasteiger partial charge >= 0.3 is 0 Å². The van der Waals surface area contributed by atoms with Crippen LogP contribution in [0.25, 0.3) is 10.2 Å². The minimum Gasteiger partial charge on any atom is -0.490 e. The van der Waals surface area contributed by atoms with Gasteiger partial charge in [0, 0.05) is 19.0 Å². The number of carbonyl (C=O) groups is 1. The second kappa shape index (κ2) is 9.27. The topological polar surface area (TPSA) is 51.7 Å². The van der Waals surface area contributed by atoms with E-state index in [1.54, 1.807) is 11.3 Å². The monoisotopic (exact) mass is 410 g/mol. The van der Waals surface area contributed by atoms with Crippen molar-refractivity contribution in [3.05, 3.63) is 53.5 Å². The van der Waals surface area contributed by atoms with Crippen LogP contribution < -0.4 is 9.47 Å². The van der Waals surface area contributed by atoms with Gasteiger partial charge in [0.05, 0.1) is 21.8 Å². The second-order valence-corrected chi connectivity index (χ2v) is 8.32. The zero-order chi connectivity index (χ0) is 20.1. The van der Waals surface area contributed by atoms with E-state index < -0.39 is 0 Å². The summed E-state index contributed by atoms with van der Waals surface area (Å²) in [4.78, 5) is 19.3. The van der Waals surface area contributed by atoms with E-state index >= 15 is 0 Å². The fourth-order valence-corrected chi connectivity index (χ4v) is 4.71. The summed E-state index contributed by atoms with van der Waals surface area (Å²) in [6.45, 7) is 4.23. The SMILES string of the molecule is CCCOc1ccccc1OCC(=O)N1CCC(c2nc3ccccc3s2)CC1. The summed E-state index contributed by atoms with van der Waals surface area (Å²) in [6.07, 6.45) is 2.82. The van der Waals surface area contributed by atoms with Crippen molar-refractivity contribution in [2.75, 3.05) is 26.3 Å². The summed E-state index contributed by atoms with van der Waals surface area (Å²) < 4.78 is 12.7. The number of para-hydroxylation sites is 3. The predicted molar refractivity (Wildman–Crippen MR) is 116 cm³/mol. The first kappa shape index (κ1) is 19.7. The van der Waals surface area contributed by atoms with E-state index in [1.807, 2.05) is 35.2 Å². The molecule has 1 aliphatic heterocycles. The molecular formula is C23H26N2O3S. The molecule has 4 rings (SSSR count). The van der Waals surface area contributed by atoms with Gasteiger partial charge in [0.15, 0.2) is 18.1 Å². The molecule has 1 amide bonds. The Kier molecular flexibility index (Phi) is 6.30. The number of ether oxygens (including phenoxy) is 2. The molecule has 0 N–H and O–H groups in total. The average molecular weight is 411 g/mol. The van der Waals surface area contributed by atoms with Crippen LogP contribution in [0.4, 0.5) is 0 Å². The molecule has 5 nitrogen and oxygen atoms in total. The minimum atomic E-state index is 0.0260. The van der Waals surface area contributed by atoms with Crippen LogP contribution in [0.1, 0.15) is 37.1 Å². The third-order valence-electron chi connectivity index (χ3n) is 5.17. The largest absolute Gasteiger partial charge is 0.490 e. The number of thiazole rings is 1. The van der Waals surface area contributed by atoms with Crippen LogP contribution in [0.3, 0.4) is 0 Å². The second-order valence-electron chi connectivity index (χ2n) is 7.26. The number of hydrogen-bond acceptors (Lipinski definition) is 5. The minimum absolute atomic E-state index is 0.0260. The van der Waals surface area contributed by atoms with E-state index in [9.17, 15) is 4.79 Å². The molecule has 1 aromatic heterocycles. The Bertz CT molecular complexity index is 930. The van der Waals surface area contributed by atoms with Crippen molar-refractivity contribution < 1.29 is 14.3 Å². The molecule has 0 bridgehead atoms. The van der Waals surface area contributed by atoms with E-state index in [2.05, 4.69) is 25.1 Å². The normalized spacial score (nSPS) is 14.9. The van der Waals surface area contributed by atoms with Crippen LogP contribution in [0.15, 0.2) is 48.5 Å². The van der Waals surface area contributed by atoms with E-state index in [0.717, 1.165) is 37.9 Å². The fourth-order valence-electron chi connectivity index (χ4n) is 3.57. The molecule has 2 aromatic carbocycles. The van der Waals surface area contributed by atoms with E-state index in [-0.39, 0.29) is 12.5 Å². The van der Waals surface area contributed by atoms with Crippen LogP contribution in [0, 0.1) is 0 Å². The summed E-state index contributed by atoms with van der Waals surface area (Å²) in [5.74, 6) is 1.77. The molecule has 0 saturated carbocycles. The Balaban J connectivity index is 1.30. The summed E-state index contributed by atoms with van der Waals surface area (Å²) >= 11 is 1.78. The molecule has 0 unspecified atom stereocenters. The molecule has 0 aliphatic carbocycles. The van der Waals surface area contributed by atoms with E-state index in [0.29, 0.717) is 24.0 Å². The molecular weight excluding hydrogens is 384 g/mol. The zero-order valence-corrected chi connectivity index (χ0v) is 17.5. The maximum atomic E-state index is 12.6. The summed E-state index contributed by atoms with van der Waals surface area (Å²) in [7, 11) is 0. The van der Waals surface area contributed by atoms with Gasteiger partial charge in [0.1, 0.15) is 0 Å². The van der Waals surface area contributed by atoms with Crippen LogP contribution in [0.2, 0.25) is 0 Å². The van der Waals surface area contributed by atoms with Crippen molar-refractivity contribution in [1.29, 1.82) is 0 Å². The molecule has 0 spiro atoms.